The molecule has 0 bridgehead atoms. The molecule has 0 saturated heterocycles. The maximum absolute atomic E-state index is 11.5. The monoisotopic (exact) mass is 269 g/mol. The van der Waals surface area contributed by atoms with E-state index in [9.17, 15) is 4.79 Å². The summed E-state index contributed by atoms with van der Waals surface area (Å²) in [4.78, 5) is 11.5. The van der Waals surface area contributed by atoms with Crippen molar-refractivity contribution in [3.05, 3.63) is 17.5 Å². The van der Waals surface area contributed by atoms with Crippen LogP contribution in [0.2, 0.25) is 0 Å². The van der Waals surface area contributed by atoms with Crippen LogP contribution in [-0.2, 0) is 11.3 Å². The van der Waals surface area contributed by atoms with Gasteiger partial charge < -0.3 is 19.9 Å². The average Bonchev–Trinajstić information content (AvgIpc) is 2.67. The molecule has 1 aromatic rings. The van der Waals surface area contributed by atoms with Crippen molar-refractivity contribution in [2.45, 2.75) is 52.8 Å². The summed E-state index contributed by atoms with van der Waals surface area (Å²) in [5.41, 5.74) is 0.375. The van der Waals surface area contributed by atoms with Crippen LogP contribution in [0.15, 0.2) is 10.6 Å². The topological polar surface area (TPSA) is 76.4 Å². The molecule has 2 N–H and O–H groups in total. The van der Waals surface area contributed by atoms with Crippen LogP contribution in [0, 0.1) is 6.92 Å². The number of nitrogens with one attached hydrogen (secondary N) is 2. The van der Waals surface area contributed by atoms with Crippen LogP contribution in [0.4, 0.5) is 4.79 Å². The minimum Gasteiger partial charge on any atom is -0.444 e. The molecule has 1 amide bonds. The van der Waals surface area contributed by atoms with Gasteiger partial charge in [-0.1, -0.05) is 5.16 Å². The highest BCUT2D eigenvalue weighted by molar-refractivity contribution is 5.67. The third kappa shape index (κ3) is 6.81. The zero-order chi connectivity index (χ0) is 14.5. The Bertz CT molecular complexity index is 410. The first-order chi connectivity index (χ1) is 8.76. The molecule has 0 aliphatic rings. The molecular formula is C13H23N3O3. The van der Waals surface area contributed by atoms with Crippen LogP contribution >= 0.6 is 0 Å². The van der Waals surface area contributed by atoms with E-state index in [0.717, 1.165) is 11.5 Å². The second kappa shape index (κ2) is 6.56. The molecule has 1 heterocycles. The van der Waals surface area contributed by atoms with E-state index in [1.807, 2.05) is 40.7 Å². The Morgan fingerprint density at radius 1 is 1.53 bits per heavy atom. The number of aryl methyl sites for hydroxylation is 1. The van der Waals surface area contributed by atoms with Crippen molar-refractivity contribution in [3.8, 4) is 0 Å². The lowest BCUT2D eigenvalue weighted by Gasteiger charge is -2.21. The molecule has 0 aliphatic carbocycles. The van der Waals surface area contributed by atoms with Gasteiger partial charge in [-0.2, -0.15) is 0 Å². The van der Waals surface area contributed by atoms with Crippen molar-refractivity contribution in [2.75, 3.05) is 6.54 Å². The van der Waals surface area contributed by atoms with Gasteiger partial charge in [0.2, 0.25) is 0 Å². The number of nitrogens with zero attached hydrogens (tertiary/aromatic N) is 1. The van der Waals surface area contributed by atoms with E-state index in [-0.39, 0.29) is 6.04 Å². The van der Waals surface area contributed by atoms with Crippen molar-refractivity contribution >= 4 is 6.09 Å². The molecule has 108 valence electrons. The first-order valence-electron chi connectivity index (χ1n) is 6.38. The molecule has 6 heteroatoms. The fourth-order valence-corrected chi connectivity index (χ4v) is 1.40. The number of amides is 1. The molecular weight excluding hydrogens is 246 g/mol. The first-order valence-corrected chi connectivity index (χ1v) is 6.38. The Labute approximate surface area is 113 Å². The van der Waals surface area contributed by atoms with Gasteiger partial charge in [0.05, 0.1) is 5.69 Å². The lowest BCUT2D eigenvalue weighted by Crippen LogP contribution is -2.41. The molecule has 0 spiro atoms. The molecule has 0 fully saturated rings. The normalized spacial score (nSPS) is 13.1. The lowest BCUT2D eigenvalue weighted by atomic mass is 10.2. The summed E-state index contributed by atoms with van der Waals surface area (Å²) in [6.45, 7) is 10.4. The SMILES string of the molecule is Cc1cc(CNC(C)CNC(=O)OC(C)(C)C)no1. The van der Waals surface area contributed by atoms with Crippen LogP contribution in [0.25, 0.3) is 0 Å². The summed E-state index contributed by atoms with van der Waals surface area (Å²) in [5, 5.41) is 9.83. The van der Waals surface area contributed by atoms with E-state index in [1.165, 1.54) is 0 Å². The highest BCUT2D eigenvalue weighted by Gasteiger charge is 2.16. The van der Waals surface area contributed by atoms with Crippen LogP contribution < -0.4 is 10.6 Å². The lowest BCUT2D eigenvalue weighted by molar-refractivity contribution is 0.0523. The highest BCUT2D eigenvalue weighted by atomic mass is 16.6. The molecule has 0 aliphatic heterocycles. The number of alkyl carbamates (subject to hydrolysis) is 1. The molecule has 1 aromatic heterocycles. The zero-order valence-electron chi connectivity index (χ0n) is 12.2. The highest BCUT2D eigenvalue weighted by Crippen LogP contribution is 2.06. The third-order valence-corrected chi connectivity index (χ3v) is 2.26. The second-order valence-corrected chi connectivity index (χ2v) is 5.59. The van der Waals surface area contributed by atoms with Gasteiger partial charge in [0.15, 0.2) is 0 Å². The number of hydrogen-bond donors (Lipinski definition) is 2. The summed E-state index contributed by atoms with van der Waals surface area (Å²) in [6.07, 6.45) is -0.404. The van der Waals surface area contributed by atoms with Crippen molar-refractivity contribution in [3.63, 3.8) is 0 Å². The van der Waals surface area contributed by atoms with Crippen molar-refractivity contribution in [1.82, 2.24) is 15.8 Å². The number of aromatic nitrogens is 1. The number of carbonyl (C=O) groups excluding carboxylic acids is 1. The smallest absolute Gasteiger partial charge is 0.407 e. The van der Waals surface area contributed by atoms with E-state index < -0.39 is 11.7 Å². The fourth-order valence-electron chi connectivity index (χ4n) is 1.40. The van der Waals surface area contributed by atoms with E-state index in [4.69, 9.17) is 9.26 Å². The quantitative estimate of drug-likeness (QED) is 0.854. The van der Waals surface area contributed by atoms with E-state index in [0.29, 0.717) is 13.1 Å². The maximum atomic E-state index is 11.5. The van der Waals surface area contributed by atoms with Gasteiger partial charge in [-0.25, -0.2) is 4.79 Å². The van der Waals surface area contributed by atoms with Gasteiger partial charge in [0, 0.05) is 25.2 Å². The molecule has 1 rings (SSSR count). The number of hydrogen-bond acceptors (Lipinski definition) is 5. The zero-order valence-corrected chi connectivity index (χ0v) is 12.2. The Hall–Kier alpha value is -1.56. The van der Waals surface area contributed by atoms with Crippen LogP contribution in [-0.4, -0.2) is 29.4 Å². The molecule has 0 saturated carbocycles. The van der Waals surface area contributed by atoms with E-state index in [1.54, 1.807) is 0 Å². The molecule has 0 radical (unpaired) electrons. The summed E-state index contributed by atoms with van der Waals surface area (Å²) in [7, 11) is 0. The minimum atomic E-state index is -0.473. The largest absolute Gasteiger partial charge is 0.444 e. The second-order valence-electron chi connectivity index (χ2n) is 5.59. The molecule has 6 nitrogen and oxygen atoms in total. The van der Waals surface area contributed by atoms with E-state index in [2.05, 4.69) is 15.8 Å². The predicted octanol–water partition coefficient (Wildman–Crippen LogP) is 1.99. The summed E-state index contributed by atoms with van der Waals surface area (Å²) < 4.78 is 10.1. The average molecular weight is 269 g/mol. The first kappa shape index (κ1) is 15.5. The molecule has 0 aromatic carbocycles. The fraction of sp³-hybridized carbons (Fsp3) is 0.692. The van der Waals surface area contributed by atoms with Crippen molar-refractivity contribution < 1.29 is 14.1 Å². The Morgan fingerprint density at radius 3 is 2.74 bits per heavy atom. The minimum absolute atomic E-state index is 0.115. The Kier molecular flexibility index (Phi) is 5.35. The standard InChI is InChI=1S/C13H23N3O3/c1-9(7-15-12(17)18-13(3,4)5)14-8-11-6-10(2)19-16-11/h6,9,14H,7-8H2,1-5H3,(H,15,17). The van der Waals surface area contributed by atoms with Gasteiger partial charge in [-0.3, -0.25) is 0 Å². The van der Waals surface area contributed by atoms with Crippen LogP contribution in [0.3, 0.4) is 0 Å². The van der Waals surface area contributed by atoms with Crippen molar-refractivity contribution in [1.29, 1.82) is 0 Å². The van der Waals surface area contributed by atoms with Gasteiger partial charge in [-0.15, -0.1) is 0 Å². The predicted molar refractivity (Wildman–Crippen MR) is 71.8 cm³/mol. The summed E-state index contributed by atoms with van der Waals surface area (Å²) in [5.74, 6) is 0.788. The molecule has 19 heavy (non-hydrogen) atoms. The van der Waals surface area contributed by atoms with Gasteiger partial charge in [0.25, 0.3) is 0 Å². The maximum Gasteiger partial charge on any atom is 0.407 e. The van der Waals surface area contributed by atoms with Gasteiger partial charge in [-0.05, 0) is 34.6 Å². The van der Waals surface area contributed by atoms with Gasteiger partial charge in [0.1, 0.15) is 11.4 Å². The van der Waals surface area contributed by atoms with Crippen LogP contribution in [0.5, 0.6) is 0 Å². The van der Waals surface area contributed by atoms with Crippen molar-refractivity contribution in [2.24, 2.45) is 0 Å². The Morgan fingerprint density at radius 2 is 2.21 bits per heavy atom. The Balaban J connectivity index is 2.21. The third-order valence-electron chi connectivity index (χ3n) is 2.26. The van der Waals surface area contributed by atoms with Gasteiger partial charge >= 0.3 is 6.09 Å². The number of carbonyl (C=O) groups is 1. The van der Waals surface area contributed by atoms with Crippen LogP contribution in [0.1, 0.15) is 39.1 Å². The number of ether oxygens (including phenoxy) is 1. The number of rotatable bonds is 5. The van der Waals surface area contributed by atoms with E-state index >= 15 is 0 Å². The summed E-state index contributed by atoms with van der Waals surface area (Å²) >= 11 is 0. The molecule has 1 unspecified atom stereocenters. The summed E-state index contributed by atoms with van der Waals surface area (Å²) in [6, 6.07) is 1.99. The molecule has 1 atom stereocenters.